The zero-order chi connectivity index (χ0) is 25.6. The van der Waals surface area contributed by atoms with Crippen molar-refractivity contribution in [2.75, 3.05) is 37.7 Å². The molecule has 0 spiro atoms. The van der Waals surface area contributed by atoms with E-state index in [1.807, 2.05) is 13.8 Å². The van der Waals surface area contributed by atoms with Crippen LogP contribution in [0.1, 0.15) is 45.1 Å². The standard InChI is InChI=1S/C25H36N2O6S2/c1-5-7-16-27-18-21(19-32-17-8-6-2)33-24-11-9-10-23(25(24)35(27,30)31)26(4)34(28,29)22-14-12-20(3)13-15-22/h9-15,21H,5-8,16-19H2,1-4H3. The van der Waals surface area contributed by atoms with Gasteiger partial charge in [-0.15, -0.1) is 0 Å². The van der Waals surface area contributed by atoms with Gasteiger partial charge in [-0.1, -0.05) is 50.5 Å². The first-order chi connectivity index (χ1) is 16.6. The van der Waals surface area contributed by atoms with Crippen molar-refractivity contribution in [3.8, 4) is 5.75 Å². The summed E-state index contributed by atoms with van der Waals surface area (Å²) in [5.74, 6) is 0.136. The van der Waals surface area contributed by atoms with Crippen molar-refractivity contribution in [3.63, 3.8) is 0 Å². The van der Waals surface area contributed by atoms with E-state index in [0.717, 1.165) is 29.1 Å². The van der Waals surface area contributed by atoms with Crippen molar-refractivity contribution in [3.05, 3.63) is 48.0 Å². The lowest BCUT2D eigenvalue weighted by Crippen LogP contribution is -2.40. The lowest BCUT2D eigenvalue weighted by Gasteiger charge is -2.25. The lowest BCUT2D eigenvalue weighted by atomic mass is 10.2. The van der Waals surface area contributed by atoms with E-state index in [9.17, 15) is 16.8 Å². The fourth-order valence-electron chi connectivity index (χ4n) is 3.87. The number of sulfonamides is 2. The summed E-state index contributed by atoms with van der Waals surface area (Å²) in [6, 6.07) is 11.1. The van der Waals surface area contributed by atoms with E-state index in [-0.39, 0.29) is 34.4 Å². The zero-order valence-corrected chi connectivity index (χ0v) is 22.6. The minimum atomic E-state index is -4.04. The van der Waals surface area contributed by atoms with Crippen molar-refractivity contribution in [1.29, 1.82) is 0 Å². The highest BCUT2D eigenvalue weighted by Gasteiger charge is 2.39. The predicted molar refractivity (Wildman–Crippen MR) is 137 cm³/mol. The fourth-order valence-corrected chi connectivity index (χ4v) is 6.96. The first kappa shape index (κ1) is 27.4. The molecule has 0 saturated heterocycles. The van der Waals surface area contributed by atoms with Crippen LogP contribution in [0.25, 0.3) is 0 Å². The monoisotopic (exact) mass is 524 g/mol. The molecule has 2 aromatic rings. The first-order valence-electron chi connectivity index (χ1n) is 12.1. The average Bonchev–Trinajstić information content (AvgIpc) is 2.93. The van der Waals surface area contributed by atoms with Crippen LogP contribution in [0, 0.1) is 6.92 Å². The van der Waals surface area contributed by atoms with Crippen LogP contribution >= 0.6 is 0 Å². The van der Waals surface area contributed by atoms with Gasteiger partial charge in [-0.05, 0) is 44.0 Å². The maximum absolute atomic E-state index is 13.9. The molecule has 194 valence electrons. The molecule has 0 aliphatic carbocycles. The summed E-state index contributed by atoms with van der Waals surface area (Å²) in [7, 11) is -6.67. The molecule has 35 heavy (non-hydrogen) atoms. The second kappa shape index (κ2) is 11.7. The molecule has 0 fully saturated rings. The lowest BCUT2D eigenvalue weighted by molar-refractivity contribution is 0.0412. The Morgan fingerprint density at radius 1 is 1.09 bits per heavy atom. The summed E-state index contributed by atoms with van der Waals surface area (Å²) >= 11 is 0. The molecule has 2 aromatic carbocycles. The van der Waals surface area contributed by atoms with Crippen LogP contribution in [0.5, 0.6) is 5.75 Å². The van der Waals surface area contributed by atoms with Gasteiger partial charge in [0.25, 0.3) is 10.0 Å². The van der Waals surface area contributed by atoms with Crippen LogP contribution < -0.4 is 9.04 Å². The highest BCUT2D eigenvalue weighted by Crippen LogP contribution is 2.40. The van der Waals surface area contributed by atoms with Crippen molar-refractivity contribution in [1.82, 2.24) is 4.31 Å². The number of rotatable bonds is 11. The van der Waals surface area contributed by atoms with Gasteiger partial charge < -0.3 is 9.47 Å². The molecule has 8 nitrogen and oxygen atoms in total. The molecule has 0 N–H and O–H groups in total. The van der Waals surface area contributed by atoms with Gasteiger partial charge in [-0.25, -0.2) is 16.8 Å². The Kier molecular flexibility index (Phi) is 9.20. The smallest absolute Gasteiger partial charge is 0.264 e. The van der Waals surface area contributed by atoms with Crippen molar-refractivity contribution in [2.24, 2.45) is 0 Å². The molecule has 0 amide bonds. The third-order valence-electron chi connectivity index (χ3n) is 5.98. The molecular weight excluding hydrogens is 488 g/mol. The largest absolute Gasteiger partial charge is 0.485 e. The summed E-state index contributed by atoms with van der Waals surface area (Å²) in [5.41, 5.74) is 0.979. The maximum atomic E-state index is 13.9. The first-order valence-corrected chi connectivity index (χ1v) is 14.9. The van der Waals surface area contributed by atoms with E-state index < -0.39 is 26.2 Å². The number of hydrogen-bond acceptors (Lipinski definition) is 6. The van der Waals surface area contributed by atoms with E-state index in [1.165, 1.54) is 29.6 Å². The topological polar surface area (TPSA) is 93.2 Å². The van der Waals surface area contributed by atoms with Crippen molar-refractivity contribution >= 4 is 25.7 Å². The molecule has 1 heterocycles. The van der Waals surface area contributed by atoms with Gasteiger partial charge in [0, 0.05) is 20.2 Å². The highest BCUT2D eigenvalue weighted by molar-refractivity contribution is 7.93. The van der Waals surface area contributed by atoms with Crippen LogP contribution in [0.3, 0.4) is 0 Å². The van der Waals surface area contributed by atoms with E-state index in [0.29, 0.717) is 19.6 Å². The van der Waals surface area contributed by atoms with Gasteiger partial charge in [0.1, 0.15) is 16.7 Å². The minimum absolute atomic E-state index is 0.0529. The molecule has 1 atom stereocenters. The molecule has 0 bridgehead atoms. The number of hydrogen-bond donors (Lipinski definition) is 0. The molecule has 1 unspecified atom stereocenters. The molecular formula is C25H36N2O6S2. The Labute approximate surface area is 209 Å². The number of ether oxygens (including phenoxy) is 2. The van der Waals surface area contributed by atoms with Gasteiger partial charge in [-0.2, -0.15) is 4.31 Å². The molecule has 10 heteroatoms. The van der Waals surface area contributed by atoms with E-state index >= 15 is 0 Å². The Balaban J connectivity index is 2.06. The predicted octanol–water partition coefficient (Wildman–Crippen LogP) is 4.19. The van der Waals surface area contributed by atoms with Crippen LogP contribution in [-0.4, -0.2) is 60.6 Å². The zero-order valence-electron chi connectivity index (χ0n) is 20.9. The normalized spacial score (nSPS) is 17.9. The van der Waals surface area contributed by atoms with E-state index in [4.69, 9.17) is 9.47 Å². The molecule has 1 aliphatic heterocycles. The van der Waals surface area contributed by atoms with Gasteiger partial charge in [0.15, 0.2) is 0 Å². The number of aryl methyl sites for hydroxylation is 1. The van der Waals surface area contributed by atoms with Crippen LogP contribution in [0.4, 0.5) is 5.69 Å². The Bertz CT molecular complexity index is 1200. The van der Waals surface area contributed by atoms with Gasteiger partial charge >= 0.3 is 0 Å². The van der Waals surface area contributed by atoms with E-state index in [2.05, 4.69) is 6.92 Å². The third-order valence-corrected chi connectivity index (χ3v) is 9.71. The second-order valence-electron chi connectivity index (χ2n) is 8.77. The van der Waals surface area contributed by atoms with Gasteiger partial charge in [-0.3, -0.25) is 4.31 Å². The van der Waals surface area contributed by atoms with Crippen molar-refractivity contribution in [2.45, 2.75) is 62.3 Å². The minimum Gasteiger partial charge on any atom is -0.485 e. The Hall–Kier alpha value is -2.14. The molecule has 0 saturated carbocycles. The fraction of sp³-hybridized carbons (Fsp3) is 0.520. The van der Waals surface area contributed by atoms with Crippen LogP contribution in [0.15, 0.2) is 52.3 Å². The molecule has 0 aromatic heterocycles. The molecule has 1 aliphatic rings. The van der Waals surface area contributed by atoms with Crippen LogP contribution in [0.2, 0.25) is 0 Å². The number of anilines is 1. The summed E-state index contributed by atoms with van der Waals surface area (Å²) in [6.07, 6.45) is 2.90. The maximum Gasteiger partial charge on any atom is 0.264 e. The number of nitrogens with zero attached hydrogens (tertiary/aromatic N) is 2. The highest BCUT2D eigenvalue weighted by atomic mass is 32.2. The van der Waals surface area contributed by atoms with Gasteiger partial charge in [0.2, 0.25) is 10.0 Å². The summed E-state index contributed by atoms with van der Waals surface area (Å²) < 4.78 is 68.9. The SMILES string of the molecule is CCCCOCC1CN(CCCC)S(=O)(=O)c2c(cccc2N(C)S(=O)(=O)c2ccc(C)cc2)O1. The van der Waals surface area contributed by atoms with Crippen LogP contribution in [-0.2, 0) is 24.8 Å². The van der Waals surface area contributed by atoms with E-state index in [1.54, 1.807) is 24.3 Å². The quantitative estimate of drug-likeness (QED) is 0.409. The third kappa shape index (κ3) is 6.17. The second-order valence-corrected chi connectivity index (χ2v) is 12.6. The molecule has 3 rings (SSSR count). The number of fused-ring (bicyclic) bond motifs is 1. The number of unbranched alkanes of at least 4 members (excludes halogenated alkanes) is 2. The average molecular weight is 525 g/mol. The number of benzene rings is 2. The Morgan fingerprint density at radius 3 is 2.43 bits per heavy atom. The summed E-state index contributed by atoms with van der Waals surface area (Å²) in [6.45, 7) is 7.21. The van der Waals surface area contributed by atoms with Crippen molar-refractivity contribution < 1.29 is 26.3 Å². The molecule has 0 radical (unpaired) electrons. The Morgan fingerprint density at radius 2 is 1.77 bits per heavy atom. The summed E-state index contributed by atoms with van der Waals surface area (Å²) in [5, 5.41) is 0. The summed E-state index contributed by atoms with van der Waals surface area (Å²) in [4.78, 5) is -0.0504. The van der Waals surface area contributed by atoms with Gasteiger partial charge in [0.05, 0.1) is 23.7 Å².